The van der Waals surface area contributed by atoms with Crippen molar-refractivity contribution in [3.8, 4) is 0 Å². The molecule has 0 aliphatic heterocycles. The topological polar surface area (TPSA) is 9.23 Å². The normalized spacial score (nSPS) is 32.2. The van der Waals surface area contributed by atoms with Gasteiger partial charge in [0.05, 0.1) is 0 Å². The molecule has 0 unspecified atom stereocenters. The zero-order valence-corrected chi connectivity index (χ0v) is 7.81. The average Bonchev–Trinajstić information content (AvgIpc) is 2.06. The average molecular weight is 156 g/mol. The van der Waals surface area contributed by atoms with Crippen molar-refractivity contribution in [2.45, 2.75) is 39.0 Å². The molecule has 0 spiro atoms. The lowest BCUT2D eigenvalue weighted by Crippen LogP contribution is -2.18. The van der Waals surface area contributed by atoms with Crippen LogP contribution < -0.4 is 0 Å². The molecule has 11 heavy (non-hydrogen) atoms. The maximum absolute atomic E-state index is 5.17. The minimum absolute atomic E-state index is 0.860. The van der Waals surface area contributed by atoms with Crippen LogP contribution in [0.25, 0.3) is 0 Å². The van der Waals surface area contributed by atoms with E-state index < -0.39 is 0 Å². The van der Waals surface area contributed by atoms with E-state index in [1.807, 2.05) is 7.11 Å². The third-order valence-electron chi connectivity index (χ3n) is 2.87. The zero-order chi connectivity index (χ0) is 8.10. The third-order valence-corrected chi connectivity index (χ3v) is 2.87. The van der Waals surface area contributed by atoms with Gasteiger partial charge in [0.1, 0.15) is 0 Å². The van der Waals surface area contributed by atoms with Gasteiger partial charge in [-0.1, -0.05) is 26.2 Å². The van der Waals surface area contributed by atoms with Crippen molar-refractivity contribution in [2.24, 2.45) is 11.8 Å². The fraction of sp³-hybridized carbons (Fsp3) is 1.00. The van der Waals surface area contributed by atoms with Crippen LogP contribution in [0.4, 0.5) is 0 Å². The Morgan fingerprint density at radius 3 is 2.64 bits per heavy atom. The minimum atomic E-state index is 0.860. The van der Waals surface area contributed by atoms with Crippen LogP contribution >= 0.6 is 0 Å². The SMILES string of the molecule is CC[C@H]1CCC[C@@H](COC)C1. The quantitative estimate of drug-likeness (QED) is 0.610. The second-order valence-corrected chi connectivity index (χ2v) is 3.76. The highest BCUT2D eigenvalue weighted by Gasteiger charge is 2.19. The molecule has 1 saturated carbocycles. The Balaban J connectivity index is 2.21. The van der Waals surface area contributed by atoms with E-state index in [-0.39, 0.29) is 0 Å². The molecule has 1 aliphatic rings. The van der Waals surface area contributed by atoms with Crippen molar-refractivity contribution in [1.82, 2.24) is 0 Å². The van der Waals surface area contributed by atoms with Crippen molar-refractivity contribution in [3.05, 3.63) is 0 Å². The molecule has 0 bridgehead atoms. The molecule has 1 nitrogen and oxygen atoms in total. The highest BCUT2D eigenvalue weighted by Crippen LogP contribution is 2.30. The first-order valence-electron chi connectivity index (χ1n) is 4.85. The Kier molecular flexibility index (Phi) is 3.92. The standard InChI is InChI=1S/C10H20O/c1-3-9-5-4-6-10(7-9)8-11-2/h9-10H,3-8H2,1-2H3/t9-,10+/m0/s1. The summed E-state index contributed by atoms with van der Waals surface area (Å²) in [5.74, 6) is 1.85. The van der Waals surface area contributed by atoms with Crippen molar-refractivity contribution in [2.75, 3.05) is 13.7 Å². The van der Waals surface area contributed by atoms with Gasteiger partial charge in [0.2, 0.25) is 0 Å². The van der Waals surface area contributed by atoms with Gasteiger partial charge in [-0.25, -0.2) is 0 Å². The van der Waals surface area contributed by atoms with E-state index in [9.17, 15) is 0 Å². The summed E-state index contributed by atoms with van der Waals surface area (Å²) in [7, 11) is 1.82. The van der Waals surface area contributed by atoms with E-state index in [2.05, 4.69) is 6.92 Å². The van der Waals surface area contributed by atoms with Gasteiger partial charge < -0.3 is 4.74 Å². The molecule has 1 aliphatic carbocycles. The molecule has 0 heterocycles. The lowest BCUT2D eigenvalue weighted by molar-refractivity contribution is 0.113. The van der Waals surface area contributed by atoms with Crippen LogP contribution in [-0.2, 0) is 4.74 Å². The molecule has 1 rings (SSSR count). The van der Waals surface area contributed by atoms with Gasteiger partial charge >= 0.3 is 0 Å². The van der Waals surface area contributed by atoms with Gasteiger partial charge in [0.15, 0.2) is 0 Å². The molecule has 66 valence electrons. The Morgan fingerprint density at radius 2 is 2.00 bits per heavy atom. The van der Waals surface area contributed by atoms with Crippen molar-refractivity contribution in [3.63, 3.8) is 0 Å². The molecular weight excluding hydrogens is 136 g/mol. The smallest absolute Gasteiger partial charge is 0.0490 e. The molecule has 0 aromatic rings. The van der Waals surface area contributed by atoms with E-state index in [0.717, 1.165) is 18.4 Å². The summed E-state index contributed by atoms with van der Waals surface area (Å²) in [5, 5.41) is 0. The van der Waals surface area contributed by atoms with Crippen molar-refractivity contribution in [1.29, 1.82) is 0 Å². The summed E-state index contributed by atoms with van der Waals surface area (Å²) in [6.07, 6.45) is 7.04. The van der Waals surface area contributed by atoms with Crippen LogP contribution in [0.1, 0.15) is 39.0 Å². The van der Waals surface area contributed by atoms with E-state index >= 15 is 0 Å². The summed E-state index contributed by atoms with van der Waals surface area (Å²) in [4.78, 5) is 0. The molecule has 2 atom stereocenters. The minimum Gasteiger partial charge on any atom is -0.384 e. The summed E-state index contributed by atoms with van der Waals surface area (Å²) in [5.41, 5.74) is 0. The maximum Gasteiger partial charge on any atom is 0.0490 e. The van der Waals surface area contributed by atoms with Gasteiger partial charge in [0.25, 0.3) is 0 Å². The summed E-state index contributed by atoms with van der Waals surface area (Å²) < 4.78 is 5.17. The van der Waals surface area contributed by atoms with Crippen LogP contribution in [-0.4, -0.2) is 13.7 Å². The Morgan fingerprint density at radius 1 is 1.27 bits per heavy atom. The van der Waals surface area contributed by atoms with Gasteiger partial charge in [-0.15, -0.1) is 0 Å². The zero-order valence-electron chi connectivity index (χ0n) is 7.81. The Bertz CT molecular complexity index is 99.0. The molecular formula is C10H20O. The summed E-state index contributed by atoms with van der Waals surface area (Å²) in [6.45, 7) is 3.29. The molecule has 0 aromatic carbocycles. The van der Waals surface area contributed by atoms with Crippen molar-refractivity contribution >= 4 is 0 Å². The first-order chi connectivity index (χ1) is 5.36. The van der Waals surface area contributed by atoms with Crippen LogP contribution in [0.2, 0.25) is 0 Å². The van der Waals surface area contributed by atoms with Gasteiger partial charge in [-0.2, -0.15) is 0 Å². The lowest BCUT2D eigenvalue weighted by atomic mass is 9.81. The Hall–Kier alpha value is -0.0400. The van der Waals surface area contributed by atoms with Gasteiger partial charge in [-0.3, -0.25) is 0 Å². The summed E-state index contributed by atoms with van der Waals surface area (Å²) in [6, 6.07) is 0. The van der Waals surface area contributed by atoms with Crippen LogP contribution in [0.5, 0.6) is 0 Å². The fourth-order valence-corrected chi connectivity index (χ4v) is 2.16. The highest BCUT2D eigenvalue weighted by atomic mass is 16.5. The Labute approximate surface area is 70.1 Å². The van der Waals surface area contributed by atoms with Crippen LogP contribution in [0.3, 0.4) is 0 Å². The van der Waals surface area contributed by atoms with E-state index in [1.54, 1.807) is 0 Å². The number of rotatable bonds is 3. The molecule has 1 fully saturated rings. The van der Waals surface area contributed by atoms with Crippen LogP contribution in [0.15, 0.2) is 0 Å². The second kappa shape index (κ2) is 4.76. The third kappa shape index (κ3) is 2.82. The number of hydrogen-bond acceptors (Lipinski definition) is 1. The maximum atomic E-state index is 5.17. The first kappa shape index (κ1) is 9.05. The molecule has 0 aromatic heterocycles. The predicted molar refractivity (Wildman–Crippen MR) is 47.6 cm³/mol. The monoisotopic (exact) mass is 156 g/mol. The summed E-state index contributed by atoms with van der Waals surface area (Å²) >= 11 is 0. The van der Waals surface area contributed by atoms with E-state index in [4.69, 9.17) is 4.74 Å². The molecule has 0 radical (unpaired) electrons. The number of hydrogen-bond donors (Lipinski definition) is 0. The first-order valence-corrected chi connectivity index (χ1v) is 4.85. The second-order valence-electron chi connectivity index (χ2n) is 3.76. The fourth-order valence-electron chi connectivity index (χ4n) is 2.16. The molecule has 0 saturated heterocycles. The highest BCUT2D eigenvalue weighted by molar-refractivity contribution is 4.71. The van der Waals surface area contributed by atoms with E-state index in [1.165, 1.54) is 32.1 Å². The molecule has 0 N–H and O–H groups in total. The van der Waals surface area contributed by atoms with Gasteiger partial charge in [-0.05, 0) is 24.7 Å². The van der Waals surface area contributed by atoms with Crippen molar-refractivity contribution < 1.29 is 4.74 Å². The largest absolute Gasteiger partial charge is 0.384 e. The molecule has 1 heteroatoms. The lowest BCUT2D eigenvalue weighted by Gasteiger charge is -2.27. The predicted octanol–water partition coefficient (Wildman–Crippen LogP) is 2.85. The van der Waals surface area contributed by atoms with E-state index in [0.29, 0.717) is 0 Å². The van der Waals surface area contributed by atoms with Crippen LogP contribution in [0, 0.1) is 11.8 Å². The molecule has 0 amide bonds. The number of methoxy groups -OCH3 is 1. The van der Waals surface area contributed by atoms with Gasteiger partial charge in [0, 0.05) is 13.7 Å². The number of ether oxygens (including phenoxy) is 1.